The van der Waals surface area contributed by atoms with Gasteiger partial charge in [0, 0.05) is 20.5 Å². The van der Waals surface area contributed by atoms with Gasteiger partial charge in [-0.25, -0.2) is 9.80 Å². The Morgan fingerprint density at radius 1 is 1.28 bits per heavy atom. The average molecular weight is 248 g/mol. The summed E-state index contributed by atoms with van der Waals surface area (Å²) in [5.74, 6) is -0.0253. The number of imidazole rings is 1. The highest BCUT2D eigenvalue weighted by atomic mass is 16.2. The molecule has 0 aliphatic carbocycles. The van der Waals surface area contributed by atoms with Gasteiger partial charge in [0.1, 0.15) is 0 Å². The van der Waals surface area contributed by atoms with Gasteiger partial charge in [-0.3, -0.25) is 10.2 Å². The summed E-state index contributed by atoms with van der Waals surface area (Å²) in [5.41, 5.74) is 5.04. The number of hydrogen-bond acceptors (Lipinski definition) is 3. The van der Waals surface area contributed by atoms with E-state index in [0.717, 1.165) is 16.6 Å². The van der Waals surface area contributed by atoms with Gasteiger partial charge in [0.05, 0.1) is 11.0 Å². The first kappa shape index (κ1) is 12.4. The van der Waals surface area contributed by atoms with Gasteiger partial charge in [-0.15, -0.1) is 0 Å². The zero-order chi connectivity index (χ0) is 13.1. The summed E-state index contributed by atoms with van der Waals surface area (Å²) in [6, 6.07) is 5.64. The molecule has 0 unspecified atom stereocenters. The van der Waals surface area contributed by atoms with E-state index in [9.17, 15) is 9.59 Å². The number of hydrazine groups is 1. The third-order valence-corrected chi connectivity index (χ3v) is 2.57. The van der Waals surface area contributed by atoms with Gasteiger partial charge >= 0.3 is 5.69 Å². The summed E-state index contributed by atoms with van der Waals surface area (Å²) in [6.07, 6.45) is 1.06. The first-order chi connectivity index (χ1) is 8.54. The molecule has 0 saturated heterocycles. The van der Waals surface area contributed by atoms with E-state index in [4.69, 9.17) is 0 Å². The van der Waals surface area contributed by atoms with Crippen molar-refractivity contribution in [2.75, 3.05) is 14.1 Å². The second-order valence-electron chi connectivity index (χ2n) is 4.39. The first-order valence-electron chi connectivity index (χ1n) is 5.72. The fraction of sp³-hybridized carbons (Fsp3) is 0.333. The Bertz CT molecular complexity index is 612. The highest BCUT2D eigenvalue weighted by Gasteiger charge is 2.04. The zero-order valence-corrected chi connectivity index (χ0v) is 10.4. The zero-order valence-electron chi connectivity index (χ0n) is 10.4. The van der Waals surface area contributed by atoms with Crippen molar-refractivity contribution in [3.8, 4) is 0 Å². The van der Waals surface area contributed by atoms with E-state index in [1.807, 2.05) is 18.2 Å². The topological polar surface area (TPSA) is 81.0 Å². The molecule has 0 bridgehead atoms. The van der Waals surface area contributed by atoms with Crippen molar-refractivity contribution < 1.29 is 4.79 Å². The number of rotatable bonds is 4. The van der Waals surface area contributed by atoms with Gasteiger partial charge < -0.3 is 9.97 Å². The standard InChI is InChI=1S/C12H16N4O2/c1-16(2)15-11(17)6-4-8-3-5-9-10(7-8)14-12(18)13-9/h3,5,7H,4,6H2,1-2H3,(H,15,17)(H2,13,14,18). The molecule has 1 amide bonds. The molecule has 18 heavy (non-hydrogen) atoms. The number of hydrogen-bond donors (Lipinski definition) is 3. The molecule has 0 aliphatic heterocycles. The largest absolute Gasteiger partial charge is 0.323 e. The SMILES string of the molecule is CN(C)NC(=O)CCc1ccc2[nH]c(=O)[nH]c2c1. The van der Waals surface area contributed by atoms with Crippen LogP contribution in [0, 0.1) is 0 Å². The first-order valence-corrected chi connectivity index (χ1v) is 5.72. The van der Waals surface area contributed by atoms with Gasteiger partial charge in [0.2, 0.25) is 5.91 Å². The molecule has 2 rings (SSSR count). The van der Waals surface area contributed by atoms with Crippen LogP contribution in [-0.4, -0.2) is 35.0 Å². The number of aromatic nitrogens is 2. The number of amides is 1. The Morgan fingerprint density at radius 3 is 2.72 bits per heavy atom. The van der Waals surface area contributed by atoms with Gasteiger partial charge in [-0.2, -0.15) is 0 Å². The number of benzene rings is 1. The molecule has 0 saturated carbocycles. The summed E-state index contributed by atoms with van der Waals surface area (Å²) >= 11 is 0. The van der Waals surface area contributed by atoms with Crippen LogP contribution in [0.3, 0.4) is 0 Å². The molecule has 1 aromatic carbocycles. The monoisotopic (exact) mass is 248 g/mol. The van der Waals surface area contributed by atoms with Crippen molar-refractivity contribution in [2.45, 2.75) is 12.8 Å². The van der Waals surface area contributed by atoms with Crippen molar-refractivity contribution >= 4 is 16.9 Å². The van der Waals surface area contributed by atoms with Gasteiger partial charge in [0.25, 0.3) is 0 Å². The van der Waals surface area contributed by atoms with Crippen LogP contribution in [0.15, 0.2) is 23.0 Å². The number of aryl methyl sites for hydroxylation is 1. The molecule has 0 atom stereocenters. The minimum atomic E-state index is -0.215. The van der Waals surface area contributed by atoms with Gasteiger partial charge in [0.15, 0.2) is 0 Å². The Labute approximate surface area is 104 Å². The number of nitrogens with one attached hydrogen (secondary N) is 3. The molecule has 0 spiro atoms. The Kier molecular flexibility index (Phi) is 3.47. The third kappa shape index (κ3) is 2.98. The molecule has 1 heterocycles. The van der Waals surface area contributed by atoms with E-state index < -0.39 is 0 Å². The maximum Gasteiger partial charge on any atom is 0.323 e. The highest BCUT2D eigenvalue weighted by molar-refractivity contribution is 5.77. The predicted molar refractivity (Wildman–Crippen MR) is 69.1 cm³/mol. The van der Waals surface area contributed by atoms with E-state index in [1.165, 1.54) is 0 Å². The van der Waals surface area contributed by atoms with Crippen LogP contribution >= 0.6 is 0 Å². The van der Waals surface area contributed by atoms with E-state index in [2.05, 4.69) is 15.4 Å². The molecule has 96 valence electrons. The average Bonchev–Trinajstić information content (AvgIpc) is 2.64. The molecular formula is C12H16N4O2. The summed E-state index contributed by atoms with van der Waals surface area (Å²) in [5, 5.41) is 1.62. The Balaban J connectivity index is 2.03. The lowest BCUT2D eigenvalue weighted by atomic mass is 10.1. The van der Waals surface area contributed by atoms with Crippen LogP contribution < -0.4 is 11.1 Å². The molecule has 6 heteroatoms. The molecular weight excluding hydrogens is 232 g/mol. The van der Waals surface area contributed by atoms with E-state index in [0.29, 0.717) is 12.8 Å². The summed E-state index contributed by atoms with van der Waals surface area (Å²) in [4.78, 5) is 28.0. The molecule has 3 N–H and O–H groups in total. The molecule has 0 aliphatic rings. The number of aromatic amines is 2. The summed E-state index contributed by atoms with van der Waals surface area (Å²) in [7, 11) is 3.54. The lowest BCUT2D eigenvalue weighted by Gasteiger charge is -2.11. The smallest absolute Gasteiger partial charge is 0.306 e. The van der Waals surface area contributed by atoms with Crippen molar-refractivity contribution in [2.24, 2.45) is 0 Å². The van der Waals surface area contributed by atoms with Crippen molar-refractivity contribution in [1.29, 1.82) is 0 Å². The Hall–Kier alpha value is -2.08. The number of fused-ring (bicyclic) bond motifs is 1. The lowest BCUT2D eigenvalue weighted by molar-refractivity contribution is -0.124. The molecule has 1 aromatic heterocycles. The minimum absolute atomic E-state index is 0.0253. The summed E-state index contributed by atoms with van der Waals surface area (Å²) < 4.78 is 0. The van der Waals surface area contributed by atoms with E-state index in [-0.39, 0.29) is 11.6 Å². The van der Waals surface area contributed by atoms with Crippen molar-refractivity contribution in [1.82, 2.24) is 20.4 Å². The van der Waals surface area contributed by atoms with Crippen molar-refractivity contribution in [3.05, 3.63) is 34.2 Å². The molecule has 6 nitrogen and oxygen atoms in total. The fourth-order valence-electron chi connectivity index (χ4n) is 1.80. The van der Waals surface area contributed by atoms with Crippen LogP contribution in [0.2, 0.25) is 0 Å². The Morgan fingerprint density at radius 2 is 2.00 bits per heavy atom. The number of carbonyl (C=O) groups excluding carboxylic acids is 1. The van der Waals surface area contributed by atoms with Crippen LogP contribution in [0.1, 0.15) is 12.0 Å². The lowest BCUT2D eigenvalue weighted by Crippen LogP contribution is -2.36. The minimum Gasteiger partial charge on any atom is -0.306 e. The second-order valence-corrected chi connectivity index (χ2v) is 4.39. The maximum atomic E-state index is 11.5. The number of H-pyrrole nitrogens is 2. The van der Waals surface area contributed by atoms with Crippen LogP contribution in [0.4, 0.5) is 0 Å². The molecule has 2 aromatic rings. The normalized spacial score (nSPS) is 11.1. The van der Waals surface area contributed by atoms with Gasteiger partial charge in [-0.05, 0) is 24.1 Å². The van der Waals surface area contributed by atoms with E-state index >= 15 is 0 Å². The van der Waals surface area contributed by atoms with Crippen LogP contribution in [0.5, 0.6) is 0 Å². The fourth-order valence-corrected chi connectivity index (χ4v) is 1.80. The quantitative estimate of drug-likeness (QED) is 0.684. The highest BCUT2D eigenvalue weighted by Crippen LogP contribution is 2.11. The number of carbonyl (C=O) groups is 1. The van der Waals surface area contributed by atoms with Crippen LogP contribution in [0.25, 0.3) is 11.0 Å². The summed E-state index contributed by atoms with van der Waals surface area (Å²) in [6.45, 7) is 0. The second kappa shape index (κ2) is 5.05. The van der Waals surface area contributed by atoms with E-state index in [1.54, 1.807) is 19.1 Å². The molecule has 0 fully saturated rings. The predicted octanol–water partition coefficient (Wildman–Crippen LogP) is 0.382. The maximum absolute atomic E-state index is 11.5. The number of nitrogens with zero attached hydrogens (tertiary/aromatic N) is 1. The molecule has 0 radical (unpaired) electrons. The van der Waals surface area contributed by atoms with Crippen LogP contribution in [-0.2, 0) is 11.2 Å². The van der Waals surface area contributed by atoms with Gasteiger partial charge in [-0.1, -0.05) is 6.07 Å². The third-order valence-electron chi connectivity index (χ3n) is 2.57. The van der Waals surface area contributed by atoms with Crippen molar-refractivity contribution in [3.63, 3.8) is 0 Å².